The number of nitrogens with one attached hydrogen (secondary N) is 1. The summed E-state index contributed by atoms with van der Waals surface area (Å²) in [6.07, 6.45) is 0.0170. The largest absolute Gasteiger partial charge is 0.444 e. The first-order valence-corrected chi connectivity index (χ1v) is 6.78. The Morgan fingerprint density at radius 2 is 1.57 bits per heavy atom. The lowest BCUT2D eigenvalue weighted by atomic mass is 10.2. The van der Waals surface area contributed by atoms with Crippen LogP contribution in [0.2, 0.25) is 0 Å². The Hall–Kier alpha value is -1.83. The predicted molar refractivity (Wildman–Crippen MR) is 75.3 cm³/mol. The molecule has 21 heavy (non-hydrogen) atoms. The van der Waals surface area contributed by atoms with Gasteiger partial charge in [0.25, 0.3) is 0 Å². The van der Waals surface area contributed by atoms with E-state index in [2.05, 4.69) is 5.32 Å². The summed E-state index contributed by atoms with van der Waals surface area (Å²) in [5, 5.41) is 19.5. The van der Waals surface area contributed by atoms with E-state index in [4.69, 9.17) is 24.7 Å². The average Bonchev–Trinajstić information content (AvgIpc) is 2.37. The standard InChI is InChI=1S/C14H23N3O4/c1-14(2,3)21-13(18)17-12(10-19-8-4-6-15)11-20-9-5-7-16/h12H,4-5,8-11H2,1-3H3,(H,17,18). The minimum Gasteiger partial charge on any atom is -0.444 e. The molecule has 1 N–H and O–H groups in total. The Kier molecular flexibility index (Phi) is 9.95. The van der Waals surface area contributed by atoms with E-state index in [1.54, 1.807) is 20.8 Å². The molecule has 0 aromatic heterocycles. The Balaban J connectivity index is 4.19. The number of carbonyl (C=O) groups excluding carboxylic acids is 1. The molecule has 0 bridgehead atoms. The molecule has 0 aliphatic carbocycles. The van der Waals surface area contributed by atoms with Crippen molar-refractivity contribution in [3.63, 3.8) is 0 Å². The molecule has 0 aliphatic heterocycles. The molecule has 7 heteroatoms. The highest BCUT2D eigenvalue weighted by Crippen LogP contribution is 2.07. The van der Waals surface area contributed by atoms with Gasteiger partial charge >= 0.3 is 6.09 Å². The molecule has 0 heterocycles. The highest BCUT2D eigenvalue weighted by atomic mass is 16.6. The summed E-state index contributed by atoms with van der Waals surface area (Å²) in [5.74, 6) is 0. The van der Waals surface area contributed by atoms with Gasteiger partial charge in [-0.15, -0.1) is 0 Å². The molecule has 0 radical (unpaired) electrons. The van der Waals surface area contributed by atoms with Crippen LogP contribution in [0.5, 0.6) is 0 Å². The summed E-state index contributed by atoms with van der Waals surface area (Å²) < 4.78 is 15.7. The van der Waals surface area contributed by atoms with Gasteiger partial charge in [-0.05, 0) is 20.8 Å². The molecule has 0 rings (SSSR count). The van der Waals surface area contributed by atoms with Gasteiger partial charge in [-0.25, -0.2) is 4.79 Å². The highest BCUT2D eigenvalue weighted by molar-refractivity contribution is 5.68. The second kappa shape index (κ2) is 10.9. The SMILES string of the molecule is CC(C)(C)OC(=O)NC(COCCC#N)COCCC#N. The Labute approximate surface area is 125 Å². The van der Waals surface area contributed by atoms with Gasteiger partial charge in [-0.3, -0.25) is 0 Å². The minimum absolute atomic E-state index is 0.216. The number of hydrogen-bond donors (Lipinski definition) is 1. The van der Waals surface area contributed by atoms with Gasteiger partial charge in [0.15, 0.2) is 0 Å². The molecular weight excluding hydrogens is 274 g/mol. The summed E-state index contributed by atoms with van der Waals surface area (Å²) in [6, 6.07) is 3.55. The Morgan fingerprint density at radius 1 is 1.10 bits per heavy atom. The first-order valence-electron chi connectivity index (χ1n) is 6.78. The molecule has 0 saturated heterocycles. The zero-order chi connectivity index (χ0) is 16.1. The van der Waals surface area contributed by atoms with Crippen LogP contribution < -0.4 is 5.32 Å². The van der Waals surface area contributed by atoms with Crippen molar-refractivity contribution in [3.05, 3.63) is 0 Å². The summed E-state index contributed by atoms with van der Waals surface area (Å²) in [5.41, 5.74) is -0.585. The first-order chi connectivity index (χ1) is 9.89. The van der Waals surface area contributed by atoms with Crippen LogP contribution >= 0.6 is 0 Å². The molecule has 0 aromatic carbocycles. The van der Waals surface area contributed by atoms with Crippen LogP contribution in [0, 0.1) is 22.7 Å². The average molecular weight is 297 g/mol. The van der Waals surface area contributed by atoms with Crippen LogP contribution in [0.15, 0.2) is 0 Å². The fourth-order valence-corrected chi connectivity index (χ4v) is 1.29. The van der Waals surface area contributed by atoms with Crippen molar-refractivity contribution < 1.29 is 19.0 Å². The lowest BCUT2D eigenvalue weighted by Gasteiger charge is -2.23. The van der Waals surface area contributed by atoms with Gasteiger partial charge in [-0.2, -0.15) is 10.5 Å². The van der Waals surface area contributed by atoms with Crippen molar-refractivity contribution >= 4 is 6.09 Å². The molecular formula is C14H23N3O4. The van der Waals surface area contributed by atoms with Crippen LogP contribution in [0.25, 0.3) is 0 Å². The van der Waals surface area contributed by atoms with Crippen molar-refractivity contribution in [2.45, 2.75) is 45.3 Å². The number of hydrogen-bond acceptors (Lipinski definition) is 6. The quantitative estimate of drug-likeness (QED) is 0.650. The second-order valence-electron chi connectivity index (χ2n) is 5.31. The van der Waals surface area contributed by atoms with E-state index < -0.39 is 17.7 Å². The van der Waals surface area contributed by atoms with Crippen LogP contribution in [0.3, 0.4) is 0 Å². The number of rotatable bonds is 9. The van der Waals surface area contributed by atoms with E-state index in [-0.39, 0.29) is 26.1 Å². The maximum absolute atomic E-state index is 11.7. The first kappa shape index (κ1) is 19.2. The fourth-order valence-electron chi connectivity index (χ4n) is 1.29. The molecule has 0 fully saturated rings. The number of carbonyl (C=O) groups is 1. The van der Waals surface area contributed by atoms with Crippen LogP contribution in [0.4, 0.5) is 4.79 Å². The number of nitriles is 2. The molecule has 0 spiro atoms. The monoisotopic (exact) mass is 297 g/mol. The summed E-state index contributed by atoms with van der Waals surface area (Å²) in [7, 11) is 0. The molecule has 1 amide bonds. The van der Waals surface area contributed by atoms with Gasteiger partial charge in [0.2, 0.25) is 0 Å². The lowest BCUT2D eigenvalue weighted by Crippen LogP contribution is -2.44. The third kappa shape index (κ3) is 12.9. The van der Waals surface area contributed by atoms with E-state index in [1.807, 2.05) is 12.1 Å². The predicted octanol–water partition coefficient (Wildman–Crippen LogP) is 1.74. The molecule has 118 valence electrons. The van der Waals surface area contributed by atoms with E-state index in [9.17, 15) is 4.79 Å². The van der Waals surface area contributed by atoms with Crippen molar-refractivity contribution in [2.75, 3.05) is 26.4 Å². The summed E-state index contributed by atoms with van der Waals surface area (Å²) in [4.78, 5) is 11.7. The third-order valence-corrected chi connectivity index (χ3v) is 2.08. The number of alkyl carbamates (subject to hydrolysis) is 1. The second-order valence-corrected chi connectivity index (χ2v) is 5.31. The summed E-state index contributed by atoms with van der Waals surface area (Å²) in [6.45, 7) is 6.33. The molecule has 0 aliphatic rings. The zero-order valence-electron chi connectivity index (χ0n) is 12.8. The molecule has 0 saturated carbocycles. The number of amides is 1. The summed E-state index contributed by atoms with van der Waals surface area (Å²) >= 11 is 0. The van der Waals surface area contributed by atoms with Gasteiger partial charge < -0.3 is 19.5 Å². The molecule has 0 aromatic rings. The van der Waals surface area contributed by atoms with Crippen molar-refractivity contribution in [3.8, 4) is 12.1 Å². The lowest BCUT2D eigenvalue weighted by molar-refractivity contribution is 0.0301. The highest BCUT2D eigenvalue weighted by Gasteiger charge is 2.19. The minimum atomic E-state index is -0.585. The Bertz CT molecular complexity index is 357. The Morgan fingerprint density at radius 3 is 1.95 bits per heavy atom. The maximum Gasteiger partial charge on any atom is 0.408 e. The maximum atomic E-state index is 11.7. The third-order valence-electron chi connectivity index (χ3n) is 2.08. The number of nitrogens with zero attached hydrogens (tertiary/aromatic N) is 2. The van der Waals surface area contributed by atoms with Crippen LogP contribution in [-0.4, -0.2) is 44.2 Å². The fraction of sp³-hybridized carbons (Fsp3) is 0.786. The van der Waals surface area contributed by atoms with Crippen molar-refractivity contribution in [1.29, 1.82) is 10.5 Å². The van der Waals surface area contributed by atoms with Gasteiger partial charge in [0.05, 0.1) is 57.4 Å². The van der Waals surface area contributed by atoms with Gasteiger partial charge in [0, 0.05) is 0 Å². The zero-order valence-corrected chi connectivity index (χ0v) is 12.8. The van der Waals surface area contributed by atoms with E-state index in [0.717, 1.165) is 0 Å². The van der Waals surface area contributed by atoms with Crippen molar-refractivity contribution in [1.82, 2.24) is 5.32 Å². The van der Waals surface area contributed by atoms with Gasteiger partial charge in [-0.1, -0.05) is 0 Å². The van der Waals surface area contributed by atoms with Gasteiger partial charge in [0.1, 0.15) is 5.60 Å². The normalized spacial score (nSPS) is 10.8. The van der Waals surface area contributed by atoms with E-state index in [0.29, 0.717) is 13.2 Å². The van der Waals surface area contributed by atoms with Crippen LogP contribution in [0.1, 0.15) is 33.6 Å². The molecule has 0 atom stereocenters. The van der Waals surface area contributed by atoms with E-state index >= 15 is 0 Å². The molecule has 7 nitrogen and oxygen atoms in total. The smallest absolute Gasteiger partial charge is 0.408 e. The van der Waals surface area contributed by atoms with Crippen LogP contribution in [-0.2, 0) is 14.2 Å². The topological polar surface area (TPSA) is 104 Å². The number of ether oxygens (including phenoxy) is 3. The molecule has 0 unspecified atom stereocenters. The van der Waals surface area contributed by atoms with E-state index in [1.165, 1.54) is 0 Å². The van der Waals surface area contributed by atoms with Crippen molar-refractivity contribution in [2.24, 2.45) is 0 Å².